The van der Waals surface area contributed by atoms with Gasteiger partial charge in [0.25, 0.3) is 5.91 Å². The van der Waals surface area contributed by atoms with Gasteiger partial charge in [-0.1, -0.05) is 12.1 Å². The number of hydrogen-bond donors (Lipinski definition) is 0. The number of aryl methyl sites for hydroxylation is 3. The van der Waals surface area contributed by atoms with Gasteiger partial charge < -0.3 is 14.1 Å². The molecule has 0 atom stereocenters. The minimum absolute atomic E-state index is 0.0140. The van der Waals surface area contributed by atoms with Crippen molar-refractivity contribution in [2.75, 3.05) is 18.6 Å². The van der Waals surface area contributed by atoms with Crippen LogP contribution in [-0.4, -0.2) is 29.5 Å². The molecule has 0 radical (unpaired) electrons. The minimum Gasteiger partial charge on any atom is -0.495 e. The molecule has 0 bridgehead atoms. The molecule has 1 aliphatic heterocycles. The number of carbonyl (C=O) groups is 1. The fraction of sp³-hybridized carbons (Fsp3) is 0.261. The molecule has 3 aromatic heterocycles. The molecular weight excluding hydrogens is 398 g/mol. The van der Waals surface area contributed by atoms with Crippen LogP contribution in [0.25, 0.3) is 21.8 Å². The van der Waals surface area contributed by atoms with Crippen molar-refractivity contribution in [2.45, 2.75) is 26.7 Å². The van der Waals surface area contributed by atoms with E-state index in [4.69, 9.17) is 9.15 Å². The van der Waals surface area contributed by atoms with Crippen LogP contribution < -0.4 is 9.64 Å². The normalized spacial score (nSPS) is 13.5. The first-order valence-corrected chi connectivity index (χ1v) is 10.7. The lowest BCUT2D eigenvalue weighted by atomic mass is 10.0. The number of para-hydroxylation sites is 1. The Bertz CT molecular complexity index is 1250. The van der Waals surface area contributed by atoms with Crippen molar-refractivity contribution in [1.82, 2.24) is 9.97 Å². The maximum Gasteiger partial charge on any atom is 0.268 e. The number of anilines is 1. The molecule has 0 saturated carbocycles. The molecule has 1 aromatic carbocycles. The number of aromatic nitrogens is 2. The Morgan fingerprint density at radius 1 is 1.20 bits per heavy atom. The summed E-state index contributed by atoms with van der Waals surface area (Å²) in [5.74, 6) is 1.87. The van der Waals surface area contributed by atoms with Crippen molar-refractivity contribution in [1.29, 1.82) is 0 Å². The molecule has 30 heavy (non-hydrogen) atoms. The highest BCUT2D eigenvalue weighted by Gasteiger charge is 2.30. The number of nitrogens with zero attached hydrogens (tertiary/aromatic N) is 3. The number of ether oxygens (including phenoxy) is 1. The van der Waals surface area contributed by atoms with E-state index in [1.54, 1.807) is 13.4 Å². The van der Waals surface area contributed by atoms with Gasteiger partial charge in [-0.3, -0.25) is 4.79 Å². The first-order chi connectivity index (χ1) is 14.6. The molecule has 7 heteroatoms. The zero-order chi connectivity index (χ0) is 20.8. The van der Waals surface area contributed by atoms with Gasteiger partial charge >= 0.3 is 0 Å². The van der Waals surface area contributed by atoms with Gasteiger partial charge in [0.15, 0.2) is 11.6 Å². The average molecular weight is 420 g/mol. The standard InChI is InChI=1S/C23H21N3O3S/c1-13-18-14(2)24-21(17-10-6-12-29-17)25-22(18)30-20(13)23(27)26-11-5-8-15-7-4-9-16(28-3)19(15)26/h4,6-7,9-10,12H,5,8,11H2,1-3H3. The summed E-state index contributed by atoms with van der Waals surface area (Å²) < 4.78 is 11.0. The van der Waals surface area contributed by atoms with E-state index in [1.165, 1.54) is 11.3 Å². The minimum atomic E-state index is -0.0140. The summed E-state index contributed by atoms with van der Waals surface area (Å²) >= 11 is 1.41. The van der Waals surface area contributed by atoms with E-state index in [0.29, 0.717) is 23.0 Å². The topological polar surface area (TPSA) is 68.5 Å². The maximum absolute atomic E-state index is 13.7. The molecule has 1 amide bonds. The number of rotatable bonds is 3. The van der Waals surface area contributed by atoms with E-state index in [1.807, 2.05) is 43.0 Å². The van der Waals surface area contributed by atoms with Crippen molar-refractivity contribution in [2.24, 2.45) is 0 Å². The lowest BCUT2D eigenvalue weighted by Gasteiger charge is -2.30. The number of methoxy groups -OCH3 is 1. The molecule has 0 aliphatic carbocycles. The van der Waals surface area contributed by atoms with Crippen LogP contribution in [0.4, 0.5) is 5.69 Å². The first-order valence-electron chi connectivity index (χ1n) is 9.88. The lowest BCUT2D eigenvalue weighted by molar-refractivity contribution is 0.0988. The second-order valence-corrected chi connectivity index (χ2v) is 8.37. The smallest absolute Gasteiger partial charge is 0.268 e. The number of furan rings is 1. The van der Waals surface area contributed by atoms with E-state index >= 15 is 0 Å². The molecule has 1 aliphatic rings. The largest absolute Gasteiger partial charge is 0.495 e. The van der Waals surface area contributed by atoms with Crippen LogP contribution in [0.2, 0.25) is 0 Å². The Hall–Kier alpha value is -3.19. The molecule has 4 aromatic rings. The fourth-order valence-corrected chi connectivity index (χ4v) is 5.35. The summed E-state index contributed by atoms with van der Waals surface area (Å²) in [6, 6.07) is 9.61. The Morgan fingerprint density at radius 3 is 2.83 bits per heavy atom. The number of thiophene rings is 1. The quantitative estimate of drug-likeness (QED) is 0.458. The monoisotopic (exact) mass is 419 g/mol. The van der Waals surface area contributed by atoms with E-state index in [-0.39, 0.29) is 5.91 Å². The van der Waals surface area contributed by atoms with Crippen molar-refractivity contribution in [3.05, 3.63) is 58.3 Å². The van der Waals surface area contributed by atoms with Crippen molar-refractivity contribution < 1.29 is 13.9 Å². The molecule has 0 fully saturated rings. The van der Waals surface area contributed by atoms with Crippen LogP contribution in [0.5, 0.6) is 5.75 Å². The molecule has 5 rings (SSSR count). The Balaban J connectivity index is 1.62. The van der Waals surface area contributed by atoms with Gasteiger partial charge in [-0.25, -0.2) is 9.97 Å². The highest BCUT2D eigenvalue weighted by atomic mass is 32.1. The van der Waals surface area contributed by atoms with Crippen LogP contribution in [0, 0.1) is 13.8 Å². The molecule has 4 heterocycles. The third-order valence-electron chi connectivity index (χ3n) is 5.55. The van der Waals surface area contributed by atoms with E-state index in [0.717, 1.165) is 51.3 Å². The molecule has 0 N–H and O–H groups in total. The Labute approximate surface area is 178 Å². The van der Waals surface area contributed by atoms with Crippen molar-refractivity contribution >= 4 is 33.1 Å². The summed E-state index contributed by atoms with van der Waals surface area (Å²) in [6.07, 6.45) is 3.48. The molecule has 6 nitrogen and oxygen atoms in total. The van der Waals surface area contributed by atoms with Crippen LogP contribution >= 0.6 is 11.3 Å². The lowest BCUT2D eigenvalue weighted by Crippen LogP contribution is -2.35. The SMILES string of the molecule is COc1cccc2c1N(C(=O)c1sc3nc(-c4ccco4)nc(C)c3c1C)CCC2. The summed E-state index contributed by atoms with van der Waals surface area (Å²) in [6.45, 7) is 4.59. The first kappa shape index (κ1) is 18.8. The predicted molar refractivity (Wildman–Crippen MR) is 118 cm³/mol. The Morgan fingerprint density at radius 2 is 2.07 bits per heavy atom. The van der Waals surface area contributed by atoms with Gasteiger partial charge in [0.05, 0.1) is 29.6 Å². The number of benzene rings is 1. The summed E-state index contributed by atoms with van der Waals surface area (Å²) in [4.78, 5) is 26.3. The summed E-state index contributed by atoms with van der Waals surface area (Å²) in [7, 11) is 1.65. The van der Waals surface area contributed by atoms with Gasteiger partial charge in [0.1, 0.15) is 10.6 Å². The fourth-order valence-electron chi connectivity index (χ4n) is 4.16. The number of amides is 1. The molecule has 0 unspecified atom stereocenters. The van der Waals surface area contributed by atoms with Gasteiger partial charge in [0.2, 0.25) is 0 Å². The predicted octanol–water partition coefficient (Wildman–Crippen LogP) is 5.17. The second-order valence-electron chi connectivity index (χ2n) is 7.37. The van der Waals surface area contributed by atoms with Crippen LogP contribution in [0.15, 0.2) is 41.0 Å². The van der Waals surface area contributed by atoms with Crippen LogP contribution in [0.3, 0.4) is 0 Å². The van der Waals surface area contributed by atoms with Gasteiger partial charge in [0, 0.05) is 11.9 Å². The van der Waals surface area contributed by atoms with Crippen molar-refractivity contribution in [3.8, 4) is 17.3 Å². The molecule has 152 valence electrons. The number of fused-ring (bicyclic) bond motifs is 2. The number of hydrogen-bond acceptors (Lipinski definition) is 6. The maximum atomic E-state index is 13.7. The van der Waals surface area contributed by atoms with Gasteiger partial charge in [-0.2, -0.15) is 0 Å². The zero-order valence-electron chi connectivity index (χ0n) is 17.1. The molecule has 0 spiro atoms. The average Bonchev–Trinajstić information content (AvgIpc) is 3.41. The van der Waals surface area contributed by atoms with Crippen LogP contribution in [-0.2, 0) is 6.42 Å². The molecular formula is C23H21N3O3S. The van der Waals surface area contributed by atoms with E-state index < -0.39 is 0 Å². The number of carbonyl (C=O) groups excluding carboxylic acids is 1. The Kier molecular flexibility index (Phi) is 4.55. The molecule has 0 saturated heterocycles. The van der Waals surface area contributed by atoms with Crippen molar-refractivity contribution in [3.63, 3.8) is 0 Å². The summed E-state index contributed by atoms with van der Waals surface area (Å²) in [5, 5.41) is 0.941. The van der Waals surface area contributed by atoms with Gasteiger partial charge in [-0.15, -0.1) is 11.3 Å². The van der Waals surface area contributed by atoms with Gasteiger partial charge in [-0.05, 0) is 56.0 Å². The second kappa shape index (κ2) is 7.25. The summed E-state index contributed by atoms with van der Waals surface area (Å²) in [5.41, 5.74) is 3.79. The van der Waals surface area contributed by atoms with Crippen LogP contribution in [0.1, 0.15) is 32.9 Å². The highest BCUT2D eigenvalue weighted by Crippen LogP contribution is 2.39. The zero-order valence-corrected chi connectivity index (χ0v) is 17.9. The highest BCUT2D eigenvalue weighted by molar-refractivity contribution is 7.20. The third kappa shape index (κ3) is 2.89. The third-order valence-corrected chi connectivity index (χ3v) is 6.73. The van der Waals surface area contributed by atoms with E-state index in [2.05, 4.69) is 16.0 Å². The van der Waals surface area contributed by atoms with E-state index in [9.17, 15) is 4.79 Å².